The van der Waals surface area contributed by atoms with Gasteiger partial charge >= 0.3 is 6.41 Å². The SMILES string of the molecule is CNCCCCCCCCN[C]=O. The average Bonchev–Trinajstić information content (AvgIpc) is 2.16. The molecule has 77 valence electrons. The van der Waals surface area contributed by atoms with Crippen molar-refractivity contribution in [2.45, 2.75) is 38.5 Å². The second-order valence-electron chi connectivity index (χ2n) is 3.25. The monoisotopic (exact) mass is 185 g/mol. The van der Waals surface area contributed by atoms with Crippen LogP contribution in [0.25, 0.3) is 0 Å². The minimum Gasteiger partial charge on any atom is -0.348 e. The van der Waals surface area contributed by atoms with E-state index in [1.54, 1.807) is 6.41 Å². The van der Waals surface area contributed by atoms with Gasteiger partial charge in [-0.3, -0.25) is 4.79 Å². The lowest BCUT2D eigenvalue weighted by molar-refractivity contribution is 0.534. The lowest BCUT2D eigenvalue weighted by Gasteiger charge is -2.00. The Morgan fingerprint density at radius 1 is 0.923 bits per heavy atom. The second kappa shape index (κ2) is 11.4. The first-order valence-electron chi connectivity index (χ1n) is 5.16. The van der Waals surface area contributed by atoms with E-state index in [1.165, 1.54) is 32.1 Å². The zero-order chi connectivity index (χ0) is 9.78. The van der Waals surface area contributed by atoms with Crippen molar-refractivity contribution in [3.05, 3.63) is 0 Å². The fourth-order valence-electron chi connectivity index (χ4n) is 1.27. The molecule has 0 aromatic rings. The quantitative estimate of drug-likeness (QED) is 0.397. The number of rotatable bonds is 10. The van der Waals surface area contributed by atoms with Crippen LogP contribution in [-0.2, 0) is 4.79 Å². The van der Waals surface area contributed by atoms with E-state index in [1.807, 2.05) is 7.05 Å². The van der Waals surface area contributed by atoms with E-state index >= 15 is 0 Å². The molecule has 0 saturated heterocycles. The van der Waals surface area contributed by atoms with Gasteiger partial charge in [0, 0.05) is 6.54 Å². The van der Waals surface area contributed by atoms with Gasteiger partial charge in [-0.15, -0.1) is 0 Å². The van der Waals surface area contributed by atoms with Gasteiger partial charge in [0.1, 0.15) is 0 Å². The molecule has 0 bridgehead atoms. The van der Waals surface area contributed by atoms with Gasteiger partial charge in [0.05, 0.1) is 0 Å². The number of carbonyl (C=O) groups excluding carboxylic acids is 1. The van der Waals surface area contributed by atoms with E-state index in [0.717, 1.165) is 19.5 Å². The van der Waals surface area contributed by atoms with Crippen LogP contribution in [0.4, 0.5) is 0 Å². The number of unbranched alkanes of at least 4 members (excludes halogenated alkanes) is 5. The van der Waals surface area contributed by atoms with Gasteiger partial charge in [0.25, 0.3) is 0 Å². The molecule has 0 aliphatic heterocycles. The van der Waals surface area contributed by atoms with E-state index in [-0.39, 0.29) is 0 Å². The number of nitrogens with one attached hydrogen (secondary N) is 2. The zero-order valence-corrected chi connectivity index (χ0v) is 8.57. The molecule has 1 amide bonds. The van der Waals surface area contributed by atoms with Crippen molar-refractivity contribution >= 4 is 6.41 Å². The van der Waals surface area contributed by atoms with Crippen LogP contribution in [0.3, 0.4) is 0 Å². The smallest absolute Gasteiger partial charge is 0.309 e. The van der Waals surface area contributed by atoms with Crippen molar-refractivity contribution in [2.24, 2.45) is 0 Å². The van der Waals surface area contributed by atoms with Crippen LogP contribution in [0.15, 0.2) is 0 Å². The Morgan fingerprint density at radius 2 is 1.46 bits per heavy atom. The molecule has 0 aliphatic carbocycles. The predicted octanol–water partition coefficient (Wildman–Crippen LogP) is 1.20. The summed E-state index contributed by atoms with van der Waals surface area (Å²) in [5, 5.41) is 5.68. The van der Waals surface area contributed by atoms with E-state index in [4.69, 9.17) is 0 Å². The summed E-state index contributed by atoms with van der Waals surface area (Å²) in [7, 11) is 1.99. The number of hydrogen-bond donors (Lipinski definition) is 2. The van der Waals surface area contributed by atoms with Crippen LogP contribution < -0.4 is 10.6 Å². The third-order valence-corrected chi connectivity index (χ3v) is 2.05. The molecule has 0 atom stereocenters. The molecular formula is C10H21N2O. The van der Waals surface area contributed by atoms with Crippen molar-refractivity contribution in [2.75, 3.05) is 20.1 Å². The largest absolute Gasteiger partial charge is 0.348 e. The van der Waals surface area contributed by atoms with Crippen molar-refractivity contribution in [1.82, 2.24) is 10.6 Å². The molecule has 0 spiro atoms. The Bertz CT molecular complexity index is 107. The average molecular weight is 185 g/mol. The van der Waals surface area contributed by atoms with Crippen molar-refractivity contribution in [1.29, 1.82) is 0 Å². The van der Waals surface area contributed by atoms with Crippen LogP contribution in [0.2, 0.25) is 0 Å². The van der Waals surface area contributed by atoms with Gasteiger partial charge in [0.15, 0.2) is 0 Å². The summed E-state index contributed by atoms with van der Waals surface area (Å²) in [6, 6.07) is 0. The highest BCUT2D eigenvalue weighted by Crippen LogP contribution is 2.03. The summed E-state index contributed by atoms with van der Waals surface area (Å²) in [6.45, 7) is 1.90. The van der Waals surface area contributed by atoms with Crippen molar-refractivity contribution in [3.63, 3.8) is 0 Å². The molecular weight excluding hydrogens is 164 g/mol. The Morgan fingerprint density at radius 3 is 2.00 bits per heavy atom. The molecule has 0 aromatic carbocycles. The fourth-order valence-corrected chi connectivity index (χ4v) is 1.27. The minimum atomic E-state index is 0.778. The Balaban J connectivity index is 2.79. The Hall–Kier alpha value is -0.570. The molecule has 0 fully saturated rings. The van der Waals surface area contributed by atoms with E-state index in [2.05, 4.69) is 10.6 Å². The molecule has 0 rings (SSSR count). The summed E-state index contributed by atoms with van der Waals surface area (Å²) >= 11 is 0. The highest BCUT2D eigenvalue weighted by molar-refractivity contribution is 5.46. The minimum absolute atomic E-state index is 0.778. The molecule has 3 nitrogen and oxygen atoms in total. The first-order valence-corrected chi connectivity index (χ1v) is 5.16. The molecule has 0 aromatic heterocycles. The van der Waals surface area contributed by atoms with Crippen LogP contribution in [0.1, 0.15) is 38.5 Å². The summed E-state index contributed by atoms with van der Waals surface area (Å²) in [5.74, 6) is 0. The second-order valence-corrected chi connectivity index (χ2v) is 3.25. The van der Waals surface area contributed by atoms with Gasteiger partial charge in [-0.05, 0) is 26.4 Å². The summed E-state index contributed by atoms with van der Waals surface area (Å²) in [5.41, 5.74) is 0. The maximum absolute atomic E-state index is 9.77. The maximum atomic E-state index is 9.77. The highest BCUT2D eigenvalue weighted by atomic mass is 16.1. The first-order chi connectivity index (χ1) is 6.41. The molecule has 0 aliphatic rings. The third-order valence-electron chi connectivity index (χ3n) is 2.05. The number of hydrogen-bond acceptors (Lipinski definition) is 2. The van der Waals surface area contributed by atoms with Gasteiger partial charge in [-0.1, -0.05) is 25.7 Å². The molecule has 0 saturated carbocycles. The van der Waals surface area contributed by atoms with Crippen molar-refractivity contribution in [3.8, 4) is 0 Å². The van der Waals surface area contributed by atoms with Gasteiger partial charge < -0.3 is 10.6 Å². The molecule has 0 unspecified atom stereocenters. The maximum Gasteiger partial charge on any atom is 0.309 e. The van der Waals surface area contributed by atoms with Crippen LogP contribution in [0, 0.1) is 0 Å². The molecule has 13 heavy (non-hydrogen) atoms. The summed E-state index contributed by atoms with van der Waals surface area (Å²) in [4.78, 5) is 9.77. The van der Waals surface area contributed by atoms with E-state index < -0.39 is 0 Å². The Kier molecular flexibility index (Phi) is 10.9. The molecule has 0 heterocycles. The van der Waals surface area contributed by atoms with Gasteiger partial charge in [-0.25, -0.2) is 0 Å². The summed E-state index contributed by atoms with van der Waals surface area (Å²) < 4.78 is 0. The number of amides is 1. The first kappa shape index (κ1) is 12.4. The highest BCUT2D eigenvalue weighted by Gasteiger charge is 1.90. The van der Waals surface area contributed by atoms with Gasteiger partial charge in [-0.2, -0.15) is 0 Å². The predicted molar refractivity (Wildman–Crippen MR) is 55.3 cm³/mol. The lowest BCUT2D eigenvalue weighted by Crippen LogP contribution is -2.11. The standard InChI is InChI=1S/C10H21N2O/c1-11-8-6-4-2-3-5-7-9-12-10-13/h11H,2-9H2,1H3,(H,12,13). The molecule has 1 radical (unpaired) electrons. The van der Waals surface area contributed by atoms with E-state index in [9.17, 15) is 4.79 Å². The van der Waals surface area contributed by atoms with E-state index in [0.29, 0.717) is 0 Å². The Labute approximate surface area is 81.3 Å². The summed E-state index contributed by atoms with van der Waals surface area (Å²) in [6.07, 6.45) is 9.16. The topological polar surface area (TPSA) is 41.1 Å². The fraction of sp³-hybridized carbons (Fsp3) is 0.900. The van der Waals surface area contributed by atoms with Crippen molar-refractivity contribution < 1.29 is 4.79 Å². The van der Waals surface area contributed by atoms with Gasteiger partial charge in [0.2, 0.25) is 0 Å². The third kappa shape index (κ3) is 11.4. The molecule has 3 heteroatoms. The lowest BCUT2D eigenvalue weighted by atomic mass is 10.1. The molecule has 2 N–H and O–H groups in total. The van der Waals surface area contributed by atoms with Crippen LogP contribution in [0.5, 0.6) is 0 Å². The zero-order valence-electron chi connectivity index (χ0n) is 8.57. The normalized spacial score (nSPS) is 9.92. The van der Waals surface area contributed by atoms with Crippen LogP contribution >= 0.6 is 0 Å². The van der Waals surface area contributed by atoms with Crippen LogP contribution in [-0.4, -0.2) is 26.5 Å².